The number of nitrogens with zero attached hydrogens (tertiary/aromatic N) is 3. The molecule has 1 saturated heterocycles. The van der Waals surface area contributed by atoms with Crippen molar-refractivity contribution >= 4 is 0 Å². The molecule has 3 heterocycles. The van der Waals surface area contributed by atoms with Crippen LogP contribution < -0.4 is 0 Å². The summed E-state index contributed by atoms with van der Waals surface area (Å²) < 4.78 is 78.4. The largest absolute Gasteiger partial charge is 0.466 e. The van der Waals surface area contributed by atoms with Crippen molar-refractivity contribution in [1.29, 1.82) is 0 Å². The van der Waals surface area contributed by atoms with Crippen LogP contribution in [0.15, 0.2) is 152 Å². The van der Waals surface area contributed by atoms with Crippen LogP contribution in [0, 0.1) is 17.5 Å². The van der Waals surface area contributed by atoms with E-state index in [9.17, 15) is 13.2 Å². The van der Waals surface area contributed by atoms with E-state index < -0.39 is 53.5 Å². The van der Waals surface area contributed by atoms with Crippen LogP contribution in [0.1, 0.15) is 34.2 Å². The van der Waals surface area contributed by atoms with Crippen LogP contribution in [-0.2, 0) is 43.5 Å². The third-order valence-corrected chi connectivity index (χ3v) is 9.91. The van der Waals surface area contributed by atoms with Gasteiger partial charge in [-0.15, -0.1) is 5.10 Å². The molecule has 0 unspecified atom stereocenters. The third-order valence-electron chi connectivity index (χ3n) is 9.91. The average molecular weight is 746 g/mol. The van der Waals surface area contributed by atoms with E-state index in [0.717, 1.165) is 34.4 Å². The molecule has 6 atom stereocenters. The van der Waals surface area contributed by atoms with E-state index in [1.807, 2.05) is 127 Å². The van der Waals surface area contributed by atoms with Crippen LogP contribution in [0.2, 0.25) is 0 Å². The number of halogens is 3. The predicted molar refractivity (Wildman–Crippen MR) is 198 cm³/mol. The van der Waals surface area contributed by atoms with Crippen LogP contribution in [0.25, 0.3) is 11.3 Å². The molecule has 280 valence electrons. The zero-order chi connectivity index (χ0) is 37.6. The second-order valence-corrected chi connectivity index (χ2v) is 13.5. The lowest BCUT2D eigenvalue weighted by Gasteiger charge is -2.52. The highest BCUT2D eigenvalue weighted by atomic mass is 19.2. The second kappa shape index (κ2) is 16.4. The molecule has 0 bridgehead atoms. The van der Waals surface area contributed by atoms with Gasteiger partial charge < -0.3 is 23.7 Å². The molecule has 0 aliphatic carbocycles. The first-order chi connectivity index (χ1) is 27.0. The summed E-state index contributed by atoms with van der Waals surface area (Å²) in [6.07, 6.45) is 2.64. The topological polar surface area (TPSA) is 76.9 Å². The van der Waals surface area contributed by atoms with Crippen LogP contribution in [0.5, 0.6) is 0 Å². The summed E-state index contributed by atoms with van der Waals surface area (Å²) in [4.78, 5) is 0. The zero-order valence-electron chi connectivity index (χ0n) is 29.7. The molecule has 1 aromatic heterocycles. The first kappa shape index (κ1) is 36.4. The molecule has 8 nitrogen and oxygen atoms in total. The van der Waals surface area contributed by atoms with Gasteiger partial charge in [-0.2, -0.15) is 0 Å². The Morgan fingerprint density at radius 3 is 1.87 bits per heavy atom. The van der Waals surface area contributed by atoms with Gasteiger partial charge in [0.05, 0.1) is 44.8 Å². The van der Waals surface area contributed by atoms with E-state index in [-0.39, 0.29) is 31.1 Å². The fraction of sp³-hybridized carbons (Fsp3) is 0.227. The van der Waals surface area contributed by atoms with Gasteiger partial charge in [-0.1, -0.05) is 127 Å². The summed E-state index contributed by atoms with van der Waals surface area (Å²) in [6.45, 7) is 0.789. The Balaban J connectivity index is 1.25. The minimum atomic E-state index is -1.57. The third kappa shape index (κ3) is 7.83. The fourth-order valence-corrected chi connectivity index (χ4v) is 7.27. The molecule has 11 heteroatoms. The van der Waals surface area contributed by atoms with E-state index in [1.54, 1.807) is 17.1 Å². The van der Waals surface area contributed by atoms with Gasteiger partial charge in [-0.3, -0.25) is 0 Å². The molecule has 5 aromatic carbocycles. The van der Waals surface area contributed by atoms with Crippen molar-refractivity contribution in [3.05, 3.63) is 192 Å². The predicted octanol–water partition coefficient (Wildman–Crippen LogP) is 8.71. The SMILES string of the molecule is Fc1cc(-c2cn([C@H]3[C@@H](OCc4ccccc4)[C@@H](COCc4ccccc4)O[C@]4(OC=C[C@H]4c4ccccc4)[C@@H]3OCc3ccccc3)nn2)cc(F)c1F. The maximum Gasteiger partial charge on any atom is 0.249 e. The summed E-state index contributed by atoms with van der Waals surface area (Å²) in [5.41, 5.74) is 3.86. The van der Waals surface area contributed by atoms with Crippen LogP contribution in [0.3, 0.4) is 0 Å². The fourth-order valence-electron chi connectivity index (χ4n) is 7.27. The van der Waals surface area contributed by atoms with Gasteiger partial charge >= 0.3 is 0 Å². The van der Waals surface area contributed by atoms with Gasteiger partial charge in [-0.25, -0.2) is 17.9 Å². The Morgan fingerprint density at radius 2 is 1.25 bits per heavy atom. The van der Waals surface area contributed by atoms with E-state index in [4.69, 9.17) is 23.7 Å². The summed E-state index contributed by atoms with van der Waals surface area (Å²) in [5, 5.41) is 8.83. The first-order valence-corrected chi connectivity index (χ1v) is 18.1. The summed E-state index contributed by atoms with van der Waals surface area (Å²) in [7, 11) is 0. The van der Waals surface area contributed by atoms with Crippen molar-refractivity contribution < 1.29 is 36.9 Å². The number of hydrogen-bond acceptors (Lipinski definition) is 7. The Bertz CT molecular complexity index is 2170. The lowest BCUT2D eigenvalue weighted by Crippen LogP contribution is -2.65. The van der Waals surface area contributed by atoms with Crippen molar-refractivity contribution in [3.63, 3.8) is 0 Å². The number of benzene rings is 5. The van der Waals surface area contributed by atoms with Crippen molar-refractivity contribution in [1.82, 2.24) is 15.0 Å². The summed E-state index contributed by atoms with van der Waals surface area (Å²) >= 11 is 0. The van der Waals surface area contributed by atoms with Gasteiger partial charge in [0.1, 0.15) is 30.0 Å². The van der Waals surface area contributed by atoms with E-state index in [0.29, 0.717) is 6.61 Å². The molecule has 2 aliphatic heterocycles. The number of rotatable bonds is 13. The highest BCUT2D eigenvalue weighted by Gasteiger charge is 2.63. The van der Waals surface area contributed by atoms with Crippen molar-refractivity contribution in [2.24, 2.45) is 0 Å². The average Bonchev–Trinajstić information content (AvgIpc) is 3.89. The van der Waals surface area contributed by atoms with Gasteiger partial charge in [-0.05, 0) is 40.5 Å². The molecule has 0 saturated carbocycles. The normalized spacial score (nSPS) is 23.2. The smallest absolute Gasteiger partial charge is 0.249 e. The van der Waals surface area contributed by atoms with E-state index in [1.165, 1.54) is 0 Å². The zero-order valence-corrected chi connectivity index (χ0v) is 29.7. The van der Waals surface area contributed by atoms with Crippen molar-refractivity contribution in [2.45, 2.75) is 55.9 Å². The van der Waals surface area contributed by atoms with Gasteiger partial charge in [0.2, 0.25) is 5.79 Å². The molecule has 1 spiro atoms. The molecule has 2 aliphatic rings. The minimum Gasteiger partial charge on any atom is -0.466 e. The quantitative estimate of drug-likeness (QED) is 0.110. The standard InChI is InChI=1S/C44H38F3N3O5/c45-36-23-34(24-37(46)40(36)47)38-25-50(49-48-38)41-42(52-27-31-15-7-2-8-16-31)39(29-51-26-30-13-5-1-6-14-30)55-44(43(41)53-28-32-17-9-3-10-18-32)35(21-22-54-44)33-19-11-4-12-20-33/h1-25,35,39,41-43H,26-29H2/t35-,39+,41-,42-,43+,44-/m0/s1. The lowest BCUT2D eigenvalue weighted by atomic mass is 9.80. The Hall–Kier alpha value is -5.59. The van der Waals surface area contributed by atoms with Gasteiger partial charge in [0.25, 0.3) is 0 Å². The molecule has 0 N–H and O–H groups in total. The molecule has 55 heavy (non-hydrogen) atoms. The Labute approximate surface area is 316 Å². The highest BCUT2D eigenvalue weighted by Crippen LogP contribution is 2.51. The molecule has 1 fully saturated rings. The van der Waals surface area contributed by atoms with Crippen LogP contribution in [-0.4, -0.2) is 45.7 Å². The minimum absolute atomic E-state index is 0.0108. The molecular weight excluding hydrogens is 707 g/mol. The summed E-state index contributed by atoms with van der Waals surface area (Å²) in [5.74, 6) is -6.16. The number of ether oxygens (including phenoxy) is 5. The molecular formula is C44H38F3N3O5. The second-order valence-electron chi connectivity index (χ2n) is 13.5. The Kier molecular flexibility index (Phi) is 10.9. The molecule has 0 radical (unpaired) electrons. The molecule has 6 aromatic rings. The van der Waals surface area contributed by atoms with Crippen LogP contribution in [0.4, 0.5) is 13.2 Å². The van der Waals surface area contributed by atoms with Crippen molar-refractivity contribution in [3.8, 4) is 11.3 Å². The molecule has 8 rings (SSSR count). The highest BCUT2D eigenvalue weighted by molar-refractivity contribution is 5.58. The van der Waals surface area contributed by atoms with Crippen LogP contribution >= 0.6 is 0 Å². The lowest BCUT2D eigenvalue weighted by molar-refractivity contribution is -0.353. The first-order valence-electron chi connectivity index (χ1n) is 18.1. The van der Waals surface area contributed by atoms with E-state index in [2.05, 4.69) is 10.3 Å². The van der Waals surface area contributed by atoms with Gasteiger partial charge in [0, 0.05) is 5.56 Å². The van der Waals surface area contributed by atoms with Crippen molar-refractivity contribution in [2.75, 3.05) is 6.61 Å². The Morgan fingerprint density at radius 1 is 0.691 bits per heavy atom. The molecule has 0 amide bonds. The maximum absolute atomic E-state index is 14.5. The monoisotopic (exact) mass is 745 g/mol. The number of aromatic nitrogens is 3. The maximum atomic E-state index is 14.5. The summed E-state index contributed by atoms with van der Waals surface area (Å²) in [6, 6.07) is 40.1. The number of hydrogen-bond donors (Lipinski definition) is 0. The van der Waals surface area contributed by atoms with Gasteiger partial charge in [0.15, 0.2) is 17.5 Å². The van der Waals surface area contributed by atoms with E-state index >= 15 is 0 Å².